The number of amides is 1. The van der Waals surface area contributed by atoms with Gasteiger partial charge >= 0.3 is 0 Å². The zero-order valence-corrected chi connectivity index (χ0v) is 12.1. The molecule has 6 heteroatoms. The van der Waals surface area contributed by atoms with Crippen LogP contribution < -0.4 is 5.32 Å². The van der Waals surface area contributed by atoms with E-state index in [1.165, 1.54) is 12.8 Å². The van der Waals surface area contributed by atoms with Gasteiger partial charge in [0.15, 0.2) is 0 Å². The maximum atomic E-state index is 12.5. The van der Waals surface area contributed by atoms with Crippen LogP contribution in [-0.4, -0.2) is 64.9 Å². The normalized spacial score (nSPS) is 20.0. The lowest BCUT2D eigenvalue weighted by Crippen LogP contribution is -2.47. The van der Waals surface area contributed by atoms with E-state index in [0.717, 1.165) is 31.9 Å². The number of likely N-dealkylation sites (N-methyl/N-ethyl adjacent to an activating group) is 1. The van der Waals surface area contributed by atoms with Crippen molar-refractivity contribution in [2.75, 3.05) is 38.5 Å². The summed E-state index contributed by atoms with van der Waals surface area (Å²) in [6.07, 6.45) is 2.33. The number of aromatic nitrogens is 2. The number of anilines is 1. The monoisotopic (exact) mass is 275 g/mol. The van der Waals surface area contributed by atoms with Crippen molar-refractivity contribution in [2.45, 2.75) is 25.8 Å². The second-order valence-electron chi connectivity index (χ2n) is 5.73. The Bertz CT molecular complexity index is 506. The number of carbonyl (C=O) groups is 1. The number of aryl methyl sites for hydroxylation is 1. The predicted molar refractivity (Wildman–Crippen MR) is 76.8 cm³/mol. The predicted octanol–water partition coefficient (Wildman–Crippen LogP) is 0.747. The second kappa shape index (κ2) is 5.36. The average Bonchev–Trinajstić information content (AvgIpc) is 3.22. The molecular weight excluding hydrogens is 254 g/mol. The Balaban J connectivity index is 1.74. The Morgan fingerprint density at radius 1 is 1.25 bits per heavy atom. The molecule has 2 heterocycles. The number of piperazine rings is 1. The smallest absolute Gasteiger partial charge is 0.272 e. The first-order valence-electron chi connectivity index (χ1n) is 7.22. The van der Waals surface area contributed by atoms with Gasteiger partial charge in [0.25, 0.3) is 5.91 Å². The summed E-state index contributed by atoms with van der Waals surface area (Å²) in [4.78, 5) is 25.3. The van der Waals surface area contributed by atoms with Crippen LogP contribution in [-0.2, 0) is 0 Å². The number of nitrogens with one attached hydrogen (secondary N) is 1. The van der Waals surface area contributed by atoms with Gasteiger partial charge in [-0.25, -0.2) is 9.97 Å². The largest absolute Gasteiger partial charge is 0.351 e. The van der Waals surface area contributed by atoms with Crippen LogP contribution in [0.5, 0.6) is 0 Å². The molecule has 0 aromatic carbocycles. The fourth-order valence-electron chi connectivity index (χ4n) is 2.32. The van der Waals surface area contributed by atoms with E-state index < -0.39 is 0 Å². The third kappa shape index (κ3) is 3.07. The zero-order valence-electron chi connectivity index (χ0n) is 12.1. The minimum absolute atomic E-state index is 0.0162. The van der Waals surface area contributed by atoms with Crippen molar-refractivity contribution in [3.8, 4) is 0 Å². The van der Waals surface area contributed by atoms with E-state index in [4.69, 9.17) is 0 Å². The van der Waals surface area contributed by atoms with Gasteiger partial charge in [0.05, 0.1) is 0 Å². The van der Waals surface area contributed by atoms with Crippen molar-refractivity contribution < 1.29 is 4.79 Å². The summed E-state index contributed by atoms with van der Waals surface area (Å²) >= 11 is 0. The number of rotatable bonds is 3. The van der Waals surface area contributed by atoms with Crippen LogP contribution >= 0.6 is 0 Å². The van der Waals surface area contributed by atoms with Gasteiger partial charge in [-0.15, -0.1) is 0 Å². The quantitative estimate of drug-likeness (QED) is 0.882. The van der Waals surface area contributed by atoms with Crippen molar-refractivity contribution in [3.63, 3.8) is 0 Å². The topological polar surface area (TPSA) is 61.4 Å². The molecule has 1 aromatic heterocycles. The fourth-order valence-corrected chi connectivity index (χ4v) is 2.32. The fraction of sp³-hybridized carbons (Fsp3) is 0.643. The highest BCUT2D eigenvalue weighted by Gasteiger charge is 2.25. The lowest BCUT2D eigenvalue weighted by atomic mass is 10.2. The summed E-state index contributed by atoms with van der Waals surface area (Å²) in [5.74, 6) is 0.604. The summed E-state index contributed by atoms with van der Waals surface area (Å²) in [6.45, 7) is 5.28. The molecule has 1 amide bonds. The molecule has 1 aliphatic heterocycles. The third-order valence-corrected chi connectivity index (χ3v) is 3.77. The van der Waals surface area contributed by atoms with E-state index in [2.05, 4.69) is 27.2 Å². The molecule has 108 valence electrons. The van der Waals surface area contributed by atoms with Crippen molar-refractivity contribution in [3.05, 3.63) is 17.5 Å². The number of hydrogen-bond acceptors (Lipinski definition) is 5. The Hall–Kier alpha value is -1.69. The molecule has 2 fully saturated rings. The lowest BCUT2D eigenvalue weighted by molar-refractivity contribution is 0.0658. The first kappa shape index (κ1) is 13.3. The van der Waals surface area contributed by atoms with Gasteiger partial charge in [-0.2, -0.15) is 0 Å². The molecule has 0 unspecified atom stereocenters. The van der Waals surface area contributed by atoms with Crippen molar-refractivity contribution in [1.82, 2.24) is 19.8 Å². The summed E-state index contributed by atoms with van der Waals surface area (Å²) in [5.41, 5.74) is 1.34. The molecular formula is C14H21N5O. The minimum atomic E-state index is 0.0162. The Morgan fingerprint density at radius 2 is 1.95 bits per heavy atom. The van der Waals surface area contributed by atoms with Crippen molar-refractivity contribution in [1.29, 1.82) is 0 Å². The van der Waals surface area contributed by atoms with Crippen LogP contribution in [0, 0.1) is 6.92 Å². The van der Waals surface area contributed by atoms with E-state index in [1.807, 2.05) is 11.8 Å². The highest BCUT2D eigenvalue weighted by atomic mass is 16.2. The maximum absolute atomic E-state index is 12.5. The van der Waals surface area contributed by atoms with Crippen LogP contribution in [0.2, 0.25) is 0 Å². The first-order chi connectivity index (χ1) is 9.61. The van der Waals surface area contributed by atoms with Gasteiger partial charge in [0.1, 0.15) is 5.69 Å². The van der Waals surface area contributed by atoms with Gasteiger partial charge in [0, 0.05) is 37.9 Å². The molecule has 2 aliphatic rings. The van der Waals surface area contributed by atoms with E-state index >= 15 is 0 Å². The Morgan fingerprint density at radius 3 is 2.60 bits per heavy atom. The molecule has 1 aliphatic carbocycles. The molecule has 1 N–H and O–H groups in total. The summed E-state index contributed by atoms with van der Waals surface area (Å²) in [6, 6.07) is 2.27. The molecule has 1 saturated carbocycles. The third-order valence-electron chi connectivity index (χ3n) is 3.77. The molecule has 1 saturated heterocycles. The van der Waals surface area contributed by atoms with Crippen molar-refractivity contribution >= 4 is 11.9 Å². The van der Waals surface area contributed by atoms with E-state index in [0.29, 0.717) is 17.7 Å². The van der Waals surface area contributed by atoms with Crippen LogP contribution in [0.1, 0.15) is 29.0 Å². The molecule has 1 aromatic rings. The molecule has 0 bridgehead atoms. The summed E-state index contributed by atoms with van der Waals surface area (Å²) in [7, 11) is 2.08. The number of carbonyl (C=O) groups excluding carboxylic acids is 1. The van der Waals surface area contributed by atoms with Gasteiger partial charge in [-0.1, -0.05) is 0 Å². The molecule has 3 rings (SSSR count). The molecule has 20 heavy (non-hydrogen) atoms. The molecule has 0 radical (unpaired) electrons. The molecule has 6 nitrogen and oxygen atoms in total. The summed E-state index contributed by atoms with van der Waals surface area (Å²) < 4.78 is 0. The standard InChI is InChI=1S/C14H21N5O/c1-10-9-12(17-14(15-10)16-11-3-4-11)13(20)19-7-5-18(2)6-8-19/h9,11H,3-8H2,1-2H3,(H,15,16,17). The highest BCUT2D eigenvalue weighted by Crippen LogP contribution is 2.23. The van der Waals surface area contributed by atoms with Crippen LogP contribution in [0.15, 0.2) is 6.07 Å². The second-order valence-corrected chi connectivity index (χ2v) is 5.73. The zero-order chi connectivity index (χ0) is 14.1. The first-order valence-corrected chi connectivity index (χ1v) is 7.22. The van der Waals surface area contributed by atoms with Crippen LogP contribution in [0.3, 0.4) is 0 Å². The summed E-state index contributed by atoms with van der Waals surface area (Å²) in [5, 5.41) is 3.26. The van der Waals surface area contributed by atoms with E-state index in [-0.39, 0.29) is 5.91 Å². The number of hydrogen-bond donors (Lipinski definition) is 1. The van der Waals surface area contributed by atoms with Crippen LogP contribution in [0.4, 0.5) is 5.95 Å². The van der Waals surface area contributed by atoms with Gasteiger partial charge in [-0.3, -0.25) is 4.79 Å². The highest BCUT2D eigenvalue weighted by molar-refractivity contribution is 5.92. The lowest BCUT2D eigenvalue weighted by Gasteiger charge is -2.32. The van der Waals surface area contributed by atoms with E-state index in [9.17, 15) is 4.79 Å². The SMILES string of the molecule is Cc1cc(C(=O)N2CCN(C)CC2)nc(NC2CC2)n1. The Labute approximate surface area is 119 Å². The molecule has 0 spiro atoms. The van der Waals surface area contributed by atoms with Gasteiger partial charge in [0.2, 0.25) is 5.95 Å². The molecule has 0 atom stereocenters. The Kier molecular flexibility index (Phi) is 3.56. The van der Waals surface area contributed by atoms with Gasteiger partial charge < -0.3 is 15.1 Å². The minimum Gasteiger partial charge on any atom is -0.351 e. The van der Waals surface area contributed by atoms with Crippen LogP contribution in [0.25, 0.3) is 0 Å². The van der Waals surface area contributed by atoms with Crippen molar-refractivity contribution in [2.24, 2.45) is 0 Å². The van der Waals surface area contributed by atoms with Gasteiger partial charge in [-0.05, 0) is 32.9 Å². The average molecular weight is 275 g/mol. The number of nitrogens with zero attached hydrogens (tertiary/aromatic N) is 4. The maximum Gasteiger partial charge on any atom is 0.272 e. The van der Waals surface area contributed by atoms with E-state index in [1.54, 1.807) is 6.07 Å².